The average molecular weight is 98.1 g/mol. The minimum absolute atomic E-state index is 0. The summed E-state index contributed by atoms with van der Waals surface area (Å²) in [4.78, 5) is 0. The zero-order valence-electron chi connectivity index (χ0n) is 6.08. The molecule has 0 aromatic heterocycles. The van der Waals surface area contributed by atoms with E-state index in [1.165, 1.54) is 0 Å². The van der Waals surface area contributed by atoms with Gasteiger partial charge >= 0.3 is 18.9 Å². The van der Waals surface area contributed by atoms with E-state index in [1.807, 2.05) is 0 Å². The predicted molar refractivity (Wildman–Crippen MR) is 30.6 cm³/mol. The van der Waals surface area contributed by atoms with Gasteiger partial charge < -0.3 is 1.43 Å². The van der Waals surface area contributed by atoms with Gasteiger partial charge in [-0.15, -0.1) is 9.24 Å². The van der Waals surface area contributed by atoms with Gasteiger partial charge in [-0.3, -0.25) is 0 Å². The van der Waals surface area contributed by atoms with Crippen molar-refractivity contribution in [3.8, 4) is 0 Å². The molecule has 34 valence electrons. The Kier molecular flexibility index (Phi) is 5.19. The molecule has 2 heteroatoms. The Balaban J connectivity index is -0.0000000800. The molecule has 0 radical (unpaired) electrons. The van der Waals surface area contributed by atoms with Crippen LogP contribution in [0.2, 0.25) is 0 Å². The van der Waals surface area contributed by atoms with Crippen LogP contribution in [0.5, 0.6) is 0 Å². The van der Waals surface area contributed by atoms with Crippen LogP contribution < -0.4 is 18.9 Å². The predicted octanol–water partition coefficient (Wildman–Crippen LogP) is -1.22. The van der Waals surface area contributed by atoms with Gasteiger partial charge in [-0.05, 0) is 5.16 Å². The van der Waals surface area contributed by atoms with Crippen molar-refractivity contribution >= 4 is 9.24 Å². The number of hydrogen-bond acceptors (Lipinski definition) is 0. The minimum Gasteiger partial charge on any atom is -1.00 e. The van der Waals surface area contributed by atoms with Gasteiger partial charge in [0.2, 0.25) is 0 Å². The first-order chi connectivity index (χ1) is 2.00. The van der Waals surface area contributed by atoms with Gasteiger partial charge in [-0.25, -0.2) is 0 Å². The van der Waals surface area contributed by atoms with Crippen molar-refractivity contribution in [2.75, 3.05) is 0 Å². The van der Waals surface area contributed by atoms with E-state index in [-0.39, 0.29) is 20.3 Å². The molecule has 0 rings (SSSR count). The second kappa shape index (κ2) is 3.08. The SMILES string of the molecule is CC(C)(C)P.[H-].[Li+]. The van der Waals surface area contributed by atoms with Crippen LogP contribution in [-0.4, -0.2) is 5.16 Å². The van der Waals surface area contributed by atoms with E-state index in [0.717, 1.165) is 0 Å². The molecule has 0 aromatic carbocycles. The summed E-state index contributed by atoms with van der Waals surface area (Å²) in [6.45, 7) is 6.45. The van der Waals surface area contributed by atoms with Crippen molar-refractivity contribution in [3.63, 3.8) is 0 Å². The van der Waals surface area contributed by atoms with Crippen molar-refractivity contribution in [3.05, 3.63) is 0 Å². The summed E-state index contributed by atoms with van der Waals surface area (Å²) < 4.78 is 0. The molecular weight excluding hydrogens is 86.0 g/mol. The molecule has 0 aromatic rings. The Morgan fingerprint density at radius 2 is 1.33 bits per heavy atom. The monoisotopic (exact) mass is 98.1 g/mol. The van der Waals surface area contributed by atoms with Crippen LogP contribution >= 0.6 is 9.24 Å². The fourth-order valence-corrected chi connectivity index (χ4v) is 0. The summed E-state index contributed by atoms with van der Waals surface area (Å²) in [7, 11) is 2.72. The maximum atomic E-state index is 2.72. The Hall–Kier alpha value is 1.03. The zero-order chi connectivity index (χ0) is 4.50. The molecule has 1 unspecified atom stereocenters. The van der Waals surface area contributed by atoms with Gasteiger partial charge in [0.15, 0.2) is 0 Å². The molecule has 0 N–H and O–H groups in total. The van der Waals surface area contributed by atoms with Crippen molar-refractivity contribution in [1.82, 2.24) is 0 Å². The normalized spacial score (nSPS) is 10.0. The van der Waals surface area contributed by atoms with E-state index in [0.29, 0.717) is 5.16 Å². The average Bonchev–Trinajstić information content (AvgIpc) is 0.722. The zero-order valence-corrected chi connectivity index (χ0v) is 6.23. The van der Waals surface area contributed by atoms with Crippen LogP contribution in [0.25, 0.3) is 0 Å². The van der Waals surface area contributed by atoms with Crippen LogP contribution in [-0.2, 0) is 0 Å². The summed E-state index contributed by atoms with van der Waals surface area (Å²) >= 11 is 0. The Morgan fingerprint density at radius 1 is 1.33 bits per heavy atom. The van der Waals surface area contributed by atoms with Crippen LogP contribution in [0.3, 0.4) is 0 Å². The topological polar surface area (TPSA) is 0 Å². The Bertz CT molecular complexity index is 27.2. The third kappa shape index (κ3) is 77.3. The molecule has 0 aliphatic rings. The quantitative estimate of drug-likeness (QED) is 0.263. The van der Waals surface area contributed by atoms with E-state index in [4.69, 9.17) is 0 Å². The summed E-state index contributed by atoms with van der Waals surface area (Å²) in [5.74, 6) is 0. The first kappa shape index (κ1) is 10.1. The van der Waals surface area contributed by atoms with Crippen LogP contribution in [0.15, 0.2) is 0 Å². The summed E-state index contributed by atoms with van der Waals surface area (Å²) in [5.41, 5.74) is 0. The molecule has 0 heterocycles. The van der Waals surface area contributed by atoms with Gasteiger partial charge in [-0.2, -0.15) is 0 Å². The van der Waals surface area contributed by atoms with Crippen LogP contribution in [0, 0.1) is 0 Å². The summed E-state index contributed by atoms with van der Waals surface area (Å²) in [6.07, 6.45) is 0. The maximum absolute atomic E-state index is 2.72. The van der Waals surface area contributed by atoms with Crippen LogP contribution in [0.4, 0.5) is 0 Å². The number of hydrogen-bond donors (Lipinski definition) is 0. The van der Waals surface area contributed by atoms with E-state index in [2.05, 4.69) is 30.0 Å². The smallest absolute Gasteiger partial charge is 1.00 e. The molecule has 0 aliphatic heterocycles. The van der Waals surface area contributed by atoms with E-state index >= 15 is 0 Å². The Morgan fingerprint density at radius 3 is 1.33 bits per heavy atom. The van der Waals surface area contributed by atoms with Crippen molar-refractivity contribution in [1.29, 1.82) is 0 Å². The molecule has 0 fully saturated rings. The fourth-order valence-electron chi connectivity index (χ4n) is 0. The van der Waals surface area contributed by atoms with E-state index in [1.54, 1.807) is 0 Å². The van der Waals surface area contributed by atoms with Gasteiger partial charge in [0.05, 0.1) is 0 Å². The molecule has 6 heavy (non-hydrogen) atoms. The van der Waals surface area contributed by atoms with Gasteiger partial charge in [0.1, 0.15) is 0 Å². The first-order valence-corrected chi connectivity index (χ1v) is 2.37. The fraction of sp³-hybridized carbons (Fsp3) is 1.00. The molecule has 0 saturated carbocycles. The summed E-state index contributed by atoms with van der Waals surface area (Å²) in [6, 6.07) is 0. The van der Waals surface area contributed by atoms with Gasteiger partial charge in [0, 0.05) is 0 Å². The standard InChI is InChI=1S/C4H11P.Li.H/c1-4(2,3)5;;/h5H2,1-3H3;;/q;+1;-1. The minimum atomic E-state index is 0. The molecular formula is C4H12LiP. The molecule has 0 bridgehead atoms. The van der Waals surface area contributed by atoms with Gasteiger partial charge in [-0.1, -0.05) is 20.8 Å². The maximum Gasteiger partial charge on any atom is 1.00 e. The molecule has 0 nitrogen and oxygen atoms in total. The van der Waals surface area contributed by atoms with Gasteiger partial charge in [0.25, 0.3) is 0 Å². The second-order valence-electron chi connectivity index (χ2n) is 2.37. The largest absolute Gasteiger partial charge is 1.00 e. The van der Waals surface area contributed by atoms with E-state index in [9.17, 15) is 0 Å². The first-order valence-electron chi connectivity index (χ1n) is 1.79. The third-order valence-electron chi connectivity index (χ3n) is 0. The van der Waals surface area contributed by atoms with E-state index < -0.39 is 0 Å². The Labute approximate surface area is 55.9 Å². The molecule has 0 aliphatic carbocycles. The third-order valence-corrected chi connectivity index (χ3v) is 0. The van der Waals surface area contributed by atoms with Crippen molar-refractivity contribution in [2.24, 2.45) is 0 Å². The second-order valence-corrected chi connectivity index (χ2v) is 4.10. The molecule has 0 amide bonds. The molecule has 0 spiro atoms. The van der Waals surface area contributed by atoms with Crippen molar-refractivity contribution in [2.45, 2.75) is 25.9 Å². The van der Waals surface area contributed by atoms with Crippen LogP contribution in [0.1, 0.15) is 22.2 Å². The number of rotatable bonds is 0. The summed E-state index contributed by atoms with van der Waals surface area (Å²) in [5, 5.41) is 0.417. The van der Waals surface area contributed by atoms with Crippen molar-refractivity contribution < 1.29 is 20.3 Å². The molecule has 1 atom stereocenters. The molecule has 0 saturated heterocycles.